The van der Waals surface area contributed by atoms with Crippen LogP contribution in [0.15, 0.2) is 42.9 Å². The number of carbonyl (C=O) groups is 2. The number of imidazole rings is 1. The molecule has 1 aliphatic heterocycles. The van der Waals surface area contributed by atoms with Gasteiger partial charge in [0.15, 0.2) is 0 Å². The third-order valence-electron chi connectivity index (χ3n) is 5.48. The number of aromatic nitrogens is 2. The van der Waals surface area contributed by atoms with Crippen molar-refractivity contribution in [3.63, 3.8) is 0 Å². The van der Waals surface area contributed by atoms with E-state index >= 15 is 0 Å². The molecule has 2 aromatic rings. The lowest BCUT2D eigenvalue weighted by Gasteiger charge is -2.23. The van der Waals surface area contributed by atoms with E-state index < -0.39 is 11.4 Å². The number of carboxylic acids is 1. The molecule has 2 heterocycles. The molecular formula is C18H19N3O3. The highest BCUT2D eigenvalue weighted by Crippen LogP contribution is 2.49. The maximum Gasteiger partial charge on any atom is 0.311 e. The van der Waals surface area contributed by atoms with Crippen LogP contribution in [0.1, 0.15) is 29.8 Å². The van der Waals surface area contributed by atoms with Crippen LogP contribution in [0.3, 0.4) is 0 Å². The second kappa shape index (κ2) is 5.47. The zero-order chi connectivity index (χ0) is 16.7. The van der Waals surface area contributed by atoms with Crippen LogP contribution in [0.2, 0.25) is 0 Å². The number of carbonyl (C=O) groups excluding carboxylic acids is 1. The van der Waals surface area contributed by atoms with Gasteiger partial charge in [0.25, 0.3) is 5.91 Å². The molecule has 1 saturated carbocycles. The molecular weight excluding hydrogens is 306 g/mol. The molecule has 1 N–H and O–H groups in total. The first-order valence-electron chi connectivity index (χ1n) is 8.22. The van der Waals surface area contributed by atoms with Gasteiger partial charge < -0.3 is 10.0 Å². The summed E-state index contributed by atoms with van der Waals surface area (Å²) in [6.07, 6.45) is 5.65. The van der Waals surface area contributed by atoms with Gasteiger partial charge >= 0.3 is 5.97 Å². The number of fused-ring (bicyclic) bond motifs is 1. The van der Waals surface area contributed by atoms with Crippen molar-refractivity contribution in [2.45, 2.75) is 19.3 Å². The Labute approximate surface area is 139 Å². The van der Waals surface area contributed by atoms with E-state index in [9.17, 15) is 14.7 Å². The molecule has 0 spiro atoms. The van der Waals surface area contributed by atoms with E-state index in [1.807, 2.05) is 30.3 Å². The van der Waals surface area contributed by atoms with E-state index in [-0.39, 0.29) is 11.8 Å². The SMILES string of the molecule is O=C(c1cncn1-c1ccccc1)N1C[C@@H]2CCC[C@@]2(C(=O)O)C1. The monoisotopic (exact) mass is 325 g/mol. The first-order chi connectivity index (χ1) is 11.6. The van der Waals surface area contributed by atoms with Crippen LogP contribution in [-0.4, -0.2) is 44.5 Å². The zero-order valence-electron chi connectivity index (χ0n) is 13.3. The summed E-state index contributed by atoms with van der Waals surface area (Å²) in [5.41, 5.74) is 0.583. The van der Waals surface area contributed by atoms with Gasteiger partial charge in [0.05, 0.1) is 17.9 Å². The Kier molecular flexibility index (Phi) is 3.40. The Hall–Kier alpha value is -2.63. The fourth-order valence-electron chi connectivity index (χ4n) is 4.20. The standard InChI is InChI=1S/C18H19N3O3/c22-16(15-9-19-12-21(15)14-6-2-1-3-7-14)20-10-13-5-4-8-18(13,11-20)17(23)24/h1-3,6-7,9,12-13H,4-5,8,10-11H2,(H,23,24)/t13-,18+/m0/s1. The normalized spacial score (nSPS) is 25.7. The van der Waals surface area contributed by atoms with Gasteiger partial charge in [-0.15, -0.1) is 0 Å². The number of hydrogen-bond donors (Lipinski definition) is 1. The van der Waals surface area contributed by atoms with Crippen molar-refractivity contribution in [3.8, 4) is 5.69 Å². The Balaban J connectivity index is 1.63. The summed E-state index contributed by atoms with van der Waals surface area (Å²) < 4.78 is 1.75. The Morgan fingerprint density at radius 3 is 2.75 bits per heavy atom. The van der Waals surface area contributed by atoms with Crippen LogP contribution >= 0.6 is 0 Å². The topological polar surface area (TPSA) is 75.4 Å². The number of nitrogens with zero attached hydrogens (tertiary/aromatic N) is 3. The minimum atomic E-state index is -0.767. The predicted molar refractivity (Wildman–Crippen MR) is 86.9 cm³/mol. The highest BCUT2D eigenvalue weighted by molar-refractivity contribution is 5.94. The first-order valence-corrected chi connectivity index (χ1v) is 8.22. The number of likely N-dealkylation sites (tertiary alicyclic amines) is 1. The minimum Gasteiger partial charge on any atom is -0.481 e. The summed E-state index contributed by atoms with van der Waals surface area (Å²) in [5, 5.41) is 9.68. The number of amides is 1. The van der Waals surface area contributed by atoms with Gasteiger partial charge in [-0.05, 0) is 30.9 Å². The predicted octanol–water partition coefficient (Wildman–Crippen LogP) is 2.20. The van der Waals surface area contributed by atoms with Crippen molar-refractivity contribution in [1.82, 2.24) is 14.5 Å². The molecule has 2 fully saturated rings. The van der Waals surface area contributed by atoms with Gasteiger partial charge in [-0.2, -0.15) is 0 Å². The molecule has 2 aliphatic rings. The molecule has 0 bridgehead atoms. The van der Waals surface area contributed by atoms with Crippen molar-refractivity contribution in [2.24, 2.45) is 11.3 Å². The fourth-order valence-corrected chi connectivity index (χ4v) is 4.20. The molecule has 0 radical (unpaired) electrons. The van der Waals surface area contributed by atoms with Crippen molar-refractivity contribution in [3.05, 3.63) is 48.5 Å². The molecule has 6 heteroatoms. The van der Waals surface area contributed by atoms with Gasteiger partial charge in [-0.3, -0.25) is 14.2 Å². The molecule has 2 atom stereocenters. The molecule has 1 saturated heterocycles. The quantitative estimate of drug-likeness (QED) is 0.939. The lowest BCUT2D eigenvalue weighted by Crippen LogP contribution is -2.37. The Morgan fingerprint density at radius 1 is 1.25 bits per heavy atom. The average molecular weight is 325 g/mol. The number of hydrogen-bond acceptors (Lipinski definition) is 3. The summed E-state index contributed by atoms with van der Waals surface area (Å²) in [6.45, 7) is 0.816. The molecule has 124 valence electrons. The number of benzene rings is 1. The van der Waals surface area contributed by atoms with E-state index in [4.69, 9.17) is 0 Å². The van der Waals surface area contributed by atoms with E-state index in [0.29, 0.717) is 25.2 Å². The Morgan fingerprint density at radius 2 is 2.04 bits per heavy atom. The van der Waals surface area contributed by atoms with E-state index in [1.165, 1.54) is 0 Å². The Bertz CT molecular complexity index is 786. The van der Waals surface area contributed by atoms with E-state index in [1.54, 1.807) is 22.0 Å². The summed E-state index contributed by atoms with van der Waals surface area (Å²) >= 11 is 0. The lowest BCUT2D eigenvalue weighted by atomic mass is 9.81. The second-order valence-corrected chi connectivity index (χ2v) is 6.72. The van der Waals surface area contributed by atoms with Crippen LogP contribution in [-0.2, 0) is 4.79 Å². The van der Waals surface area contributed by atoms with Crippen LogP contribution in [0.25, 0.3) is 5.69 Å². The second-order valence-electron chi connectivity index (χ2n) is 6.72. The number of rotatable bonds is 3. The molecule has 6 nitrogen and oxygen atoms in total. The molecule has 0 unspecified atom stereocenters. The van der Waals surface area contributed by atoms with Crippen LogP contribution < -0.4 is 0 Å². The lowest BCUT2D eigenvalue weighted by molar-refractivity contribution is -0.149. The van der Waals surface area contributed by atoms with Gasteiger partial charge in [-0.1, -0.05) is 24.6 Å². The molecule has 1 aliphatic carbocycles. The highest BCUT2D eigenvalue weighted by atomic mass is 16.4. The largest absolute Gasteiger partial charge is 0.481 e. The van der Waals surface area contributed by atoms with Gasteiger partial charge in [0.1, 0.15) is 5.69 Å². The number of carboxylic acid groups (broad SMARTS) is 1. The molecule has 4 rings (SSSR count). The average Bonchev–Trinajstić information content (AvgIpc) is 3.28. The van der Waals surface area contributed by atoms with Crippen molar-refractivity contribution in [1.29, 1.82) is 0 Å². The van der Waals surface area contributed by atoms with Crippen LogP contribution in [0, 0.1) is 11.3 Å². The van der Waals surface area contributed by atoms with Crippen molar-refractivity contribution >= 4 is 11.9 Å². The van der Waals surface area contributed by atoms with Crippen LogP contribution in [0.4, 0.5) is 0 Å². The highest BCUT2D eigenvalue weighted by Gasteiger charge is 2.56. The summed E-state index contributed by atoms with van der Waals surface area (Å²) in [5.74, 6) is -0.852. The maximum atomic E-state index is 13.0. The molecule has 24 heavy (non-hydrogen) atoms. The fraction of sp³-hybridized carbons (Fsp3) is 0.389. The zero-order valence-corrected chi connectivity index (χ0v) is 13.3. The smallest absolute Gasteiger partial charge is 0.311 e. The van der Waals surface area contributed by atoms with Gasteiger partial charge in [-0.25, -0.2) is 4.98 Å². The third kappa shape index (κ3) is 2.13. The maximum absolute atomic E-state index is 13.0. The first kappa shape index (κ1) is 14.9. The van der Waals surface area contributed by atoms with Crippen molar-refractivity contribution in [2.75, 3.05) is 13.1 Å². The summed E-state index contributed by atoms with van der Waals surface area (Å²) in [4.78, 5) is 30.6. The molecule has 1 aromatic carbocycles. The third-order valence-corrected chi connectivity index (χ3v) is 5.48. The van der Waals surface area contributed by atoms with Crippen molar-refractivity contribution < 1.29 is 14.7 Å². The van der Waals surface area contributed by atoms with Crippen LogP contribution in [0.5, 0.6) is 0 Å². The minimum absolute atomic E-state index is 0.0621. The van der Waals surface area contributed by atoms with Gasteiger partial charge in [0, 0.05) is 18.8 Å². The molecule has 1 aromatic heterocycles. The summed E-state index contributed by atoms with van der Waals surface area (Å²) in [6, 6.07) is 9.55. The number of para-hydroxylation sites is 1. The summed E-state index contributed by atoms with van der Waals surface area (Å²) in [7, 11) is 0. The van der Waals surface area contributed by atoms with Gasteiger partial charge in [0.2, 0.25) is 0 Å². The van der Waals surface area contributed by atoms with E-state index in [0.717, 1.165) is 18.5 Å². The molecule has 1 amide bonds. The van der Waals surface area contributed by atoms with E-state index in [2.05, 4.69) is 4.98 Å². The number of aliphatic carboxylic acids is 1.